The zero-order chi connectivity index (χ0) is 14.0. The molecular weight excluding hydrogens is 303 g/mol. The number of primary amides is 1. The fourth-order valence-corrected chi connectivity index (χ4v) is 4.07. The zero-order valence-electron chi connectivity index (χ0n) is 10.4. The highest BCUT2D eigenvalue weighted by atomic mass is 35.5. The van der Waals surface area contributed by atoms with E-state index in [2.05, 4.69) is 0 Å². The van der Waals surface area contributed by atoms with Gasteiger partial charge in [0.05, 0.1) is 15.6 Å². The SMILES string of the molecule is NC(=O)C1(N)CCCC(Sc2ccc(Cl)c(Cl)c2)C1. The van der Waals surface area contributed by atoms with Gasteiger partial charge in [0, 0.05) is 10.1 Å². The normalized spacial score (nSPS) is 27.2. The fourth-order valence-electron chi connectivity index (χ4n) is 2.32. The first-order valence-corrected chi connectivity index (χ1v) is 7.75. The molecule has 0 bridgehead atoms. The minimum atomic E-state index is -0.869. The van der Waals surface area contributed by atoms with Crippen molar-refractivity contribution in [3.63, 3.8) is 0 Å². The maximum Gasteiger partial charge on any atom is 0.237 e. The summed E-state index contributed by atoms with van der Waals surface area (Å²) in [5, 5.41) is 1.36. The Balaban J connectivity index is 2.06. The van der Waals surface area contributed by atoms with E-state index >= 15 is 0 Å². The lowest BCUT2D eigenvalue weighted by atomic mass is 9.82. The van der Waals surface area contributed by atoms with E-state index in [1.165, 1.54) is 0 Å². The predicted octanol–water partition coefficient (Wildman–Crippen LogP) is 3.21. The number of hydrogen-bond acceptors (Lipinski definition) is 3. The van der Waals surface area contributed by atoms with Gasteiger partial charge in [-0.15, -0.1) is 11.8 Å². The summed E-state index contributed by atoms with van der Waals surface area (Å²) in [6, 6.07) is 5.54. The molecule has 2 rings (SSSR count). The van der Waals surface area contributed by atoms with Crippen LogP contribution in [0.1, 0.15) is 25.7 Å². The summed E-state index contributed by atoms with van der Waals surface area (Å²) >= 11 is 13.6. The smallest absolute Gasteiger partial charge is 0.237 e. The predicted molar refractivity (Wildman–Crippen MR) is 80.7 cm³/mol. The number of hydrogen-bond donors (Lipinski definition) is 2. The number of thioether (sulfide) groups is 1. The minimum Gasteiger partial charge on any atom is -0.368 e. The standard InChI is InChI=1S/C13H16Cl2N2OS/c14-10-4-3-8(6-11(10)15)19-9-2-1-5-13(17,7-9)12(16)18/h3-4,6,9H,1-2,5,7,17H2,(H2,16,18). The number of nitrogens with two attached hydrogens (primary N) is 2. The van der Waals surface area contributed by atoms with Crippen molar-refractivity contribution in [1.82, 2.24) is 0 Å². The molecule has 0 heterocycles. The first-order chi connectivity index (χ1) is 8.90. The van der Waals surface area contributed by atoms with E-state index in [0.29, 0.717) is 22.9 Å². The molecule has 3 nitrogen and oxygen atoms in total. The van der Waals surface area contributed by atoms with Gasteiger partial charge in [-0.05, 0) is 43.9 Å². The van der Waals surface area contributed by atoms with Gasteiger partial charge in [0.15, 0.2) is 0 Å². The molecule has 1 fully saturated rings. The van der Waals surface area contributed by atoms with Crippen LogP contribution in [0.5, 0.6) is 0 Å². The van der Waals surface area contributed by atoms with Crippen LogP contribution in [-0.2, 0) is 4.79 Å². The van der Waals surface area contributed by atoms with Crippen LogP contribution in [0.2, 0.25) is 10.0 Å². The molecule has 1 aliphatic rings. The van der Waals surface area contributed by atoms with Gasteiger partial charge < -0.3 is 11.5 Å². The number of benzene rings is 1. The highest BCUT2D eigenvalue weighted by Crippen LogP contribution is 2.38. The third-order valence-corrected chi connectivity index (χ3v) is 5.43. The maximum atomic E-state index is 11.4. The molecule has 19 heavy (non-hydrogen) atoms. The van der Waals surface area contributed by atoms with Crippen LogP contribution in [0, 0.1) is 0 Å². The lowest BCUT2D eigenvalue weighted by Gasteiger charge is -2.35. The van der Waals surface area contributed by atoms with Gasteiger partial charge in [-0.3, -0.25) is 4.79 Å². The first kappa shape index (κ1) is 15.0. The van der Waals surface area contributed by atoms with Crippen molar-refractivity contribution in [1.29, 1.82) is 0 Å². The summed E-state index contributed by atoms with van der Waals surface area (Å²) in [5.74, 6) is -0.410. The Labute approximate surface area is 127 Å². The summed E-state index contributed by atoms with van der Waals surface area (Å²) < 4.78 is 0. The van der Waals surface area contributed by atoms with Gasteiger partial charge in [0.1, 0.15) is 0 Å². The second-order valence-electron chi connectivity index (χ2n) is 4.93. The molecule has 1 aromatic carbocycles. The first-order valence-electron chi connectivity index (χ1n) is 6.11. The Morgan fingerprint density at radius 3 is 2.74 bits per heavy atom. The molecule has 104 valence electrons. The van der Waals surface area contributed by atoms with Crippen LogP contribution in [0.3, 0.4) is 0 Å². The van der Waals surface area contributed by atoms with E-state index in [1.54, 1.807) is 17.8 Å². The molecule has 0 spiro atoms. The Morgan fingerprint density at radius 1 is 1.37 bits per heavy atom. The topological polar surface area (TPSA) is 69.1 Å². The molecule has 0 aromatic heterocycles. The van der Waals surface area contributed by atoms with Crippen LogP contribution in [0.15, 0.2) is 23.1 Å². The maximum absolute atomic E-state index is 11.4. The molecule has 2 atom stereocenters. The summed E-state index contributed by atoms with van der Waals surface area (Å²) in [7, 11) is 0. The Hall–Kier alpha value is -0.420. The van der Waals surface area contributed by atoms with E-state index in [1.807, 2.05) is 12.1 Å². The highest BCUT2D eigenvalue weighted by molar-refractivity contribution is 8.00. The molecule has 0 aliphatic heterocycles. The third kappa shape index (κ3) is 3.57. The molecule has 1 aliphatic carbocycles. The van der Waals surface area contributed by atoms with Crippen molar-refractivity contribution < 1.29 is 4.79 Å². The second kappa shape index (κ2) is 5.92. The van der Waals surface area contributed by atoms with E-state index in [9.17, 15) is 4.79 Å². The van der Waals surface area contributed by atoms with Gasteiger partial charge in [0.2, 0.25) is 5.91 Å². The average molecular weight is 319 g/mol. The second-order valence-corrected chi connectivity index (χ2v) is 7.12. The highest BCUT2D eigenvalue weighted by Gasteiger charge is 2.38. The Kier molecular flexibility index (Phi) is 4.66. The summed E-state index contributed by atoms with van der Waals surface area (Å²) in [5.41, 5.74) is 10.6. The van der Waals surface area contributed by atoms with Crippen molar-refractivity contribution in [3.05, 3.63) is 28.2 Å². The van der Waals surface area contributed by atoms with Crippen molar-refractivity contribution in [2.24, 2.45) is 11.5 Å². The van der Waals surface area contributed by atoms with Crippen molar-refractivity contribution in [3.8, 4) is 0 Å². The molecule has 1 amide bonds. The lowest BCUT2D eigenvalue weighted by Crippen LogP contribution is -2.55. The summed E-state index contributed by atoms with van der Waals surface area (Å²) in [6.07, 6.45) is 3.21. The number of amides is 1. The van der Waals surface area contributed by atoms with Crippen LogP contribution >= 0.6 is 35.0 Å². The lowest BCUT2D eigenvalue weighted by molar-refractivity contribution is -0.124. The third-order valence-electron chi connectivity index (χ3n) is 3.43. The number of rotatable bonds is 3. The fraction of sp³-hybridized carbons (Fsp3) is 0.462. The van der Waals surface area contributed by atoms with Crippen molar-refractivity contribution in [2.45, 2.75) is 41.4 Å². The molecule has 0 radical (unpaired) electrons. The van der Waals surface area contributed by atoms with Gasteiger partial charge >= 0.3 is 0 Å². The van der Waals surface area contributed by atoms with Gasteiger partial charge in [-0.25, -0.2) is 0 Å². The number of carbonyl (C=O) groups excluding carboxylic acids is 1. The van der Waals surface area contributed by atoms with E-state index in [4.69, 9.17) is 34.7 Å². The monoisotopic (exact) mass is 318 g/mol. The van der Waals surface area contributed by atoms with E-state index in [0.717, 1.165) is 17.7 Å². The Bertz CT molecular complexity index is 498. The molecular formula is C13H16Cl2N2OS. The largest absolute Gasteiger partial charge is 0.368 e. The minimum absolute atomic E-state index is 0.281. The van der Waals surface area contributed by atoms with Gasteiger partial charge in [0.25, 0.3) is 0 Å². The Morgan fingerprint density at radius 2 is 2.11 bits per heavy atom. The molecule has 1 saturated carbocycles. The summed E-state index contributed by atoms with van der Waals surface area (Å²) in [6.45, 7) is 0. The van der Waals surface area contributed by atoms with E-state index < -0.39 is 11.4 Å². The molecule has 1 aromatic rings. The molecule has 0 saturated heterocycles. The van der Waals surface area contributed by atoms with Gasteiger partial charge in [-0.2, -0.15) is 0 Å². The van der Waals surface area contributed by atoms with E-state index in [-0.39, 0.29) is 5.25 Å². The molecule has 6 heteroatoms. The zero-order valence-corrected chi connectivity index (χ0v) is 12.7. The average Bonchev–Trinajstić information content (AvgIpc) is 2.34. The van der Waals surface area contributed by atoms with Crippen molar-refractivity contribution >= 4 is 40.9 Å². The molecule has 2 unspecified atom stereocenters. The van der Waals surface area contributed by atoms with Crippen LogP contribution in [0.25, 0.3) is 0 Å². The summed E-state index contributed by atoms with van der Waals surface area (Å²) in [4.78, 5) is 12.5. The number of halogens is 2. The van der Waals surface area contributed by atoms with Gasteiger partial charge in [-0.1, -0.05) is 23.2 Å². The van der Waals surface area contributed by atoms with Crippen molar-refractivity contribution in [2.75, 3.05) is 0 Å². The van der Waals surface area contributed by atoms with Crippen LogP contribution < -0.4 is 11.5 Å². The van der Waals surface area contributed by atoms with Crippen LogP contribution in [0.4, 0.5) is 0 Å². The molecule has 4 N–H and O–H groups in total. The van der Waals surface area contributed by atoms with Crippen LogP contribution in [-0.4, -0.2) is 16.7 Å². The number of carbonyl (C=O) groups is 1. The quantitative estimate of drug-likeness (QED) is 0.899.